The van der Waals surface area contributed by atoms with Gasteiger partial charge in [0.1, 0.15) is 0 Å². The Balaban J connectivity index is 2.60. The predicted octanol–water partition coefficient (Wildman–Crippen LogP) is 2.06. The molecule has 1 atom stereocenters. The minimum Gasteiger partial charge on any atom is -0.354 e. The molecule has 0 radical (unpaired) electrons. The van der Waals surface area contributed by atoms with E-state index in [0.717, 1.165) is 6.42 Å². The van der Waals surface area contributed by atoms with E-state index < -0.39 is 0 Å². The van der Waals surface area contributed by atoms with E-state index >= 15 is 0 Å². The number of aryl methyl sites for hydroxylation is 1. The van der Waals surface area contributed by atoms with E-state index in [1.54, 1.807) is 6.92 Å². The Hall–Kier alpha value is -1.31. The molecule has 1 aromatic rings. The maximum Gasteiger partial charge on any atom is 0.217 e. The summed E-state index contributed by atoms with van der Waals surface area (Å²) in [5.74, 6) is 0.0334. The molecular formula is C12H17NO. The zero-order chi connectivity index (χ0) is 10.6. The number of rotatable bonds is 3. The highest BCUT2D eigenvalue weighted by molar-refractivity contribution is 5.73. The van der Waals surface area contributed by atoms with Gasteiger partial charge in [0.25, 0.3) is 0 Å². The number of amides is 1. The van der Waals surface area contributed by atoms with Gasteiger partial charge in [0.05, 0.1) is 0 Å². The van der Waals surface area contributed by atoms with Crippen LogP contribution < -0.4 is 5.32 Å². The van der Waals surface area contributed by atoms with Gasteiger partial charge in [0.2, 0.25) is 5.91 Å². The summed E-state index contributed by atoms with van der Waals surface area (Å²) >= 11 is 0. The van der Waals surface area contributed by atoms with Crippen LogP contribution in [-0.2, 0) is 11.2 Å². The molecule has 0 aromatic heterocycles. The quantitative estimate of drug-likeness (QED) is 0.778. The summed E-state index contributed by atoms with van der Waals surface area (Å²) in [7, 11) is 0. The third-order valence-corrected chi connectivity index (χ3v) is 2.24. The molecule has 1 aromatic carbocycles. The van der Waals surface area contributed by atoms with Gasteiger partial charge in [0, 0.05) is 13.0 Å². The van der Waals surface area contributed by atoms with Gasteiger partial charge >= 0.3 is 0 Å². The molecule has 1 amide bonds. The highest BCUT2D eigenvalue weighted by atomic mass is 16.1. The van der Waals surface area contributed by atoms with Crippen LogP contribution in [0.3, 0.4) is 0 Å². The smallest absolute Gasteiger partial charge is 0.217 e. The van der Waals surface area contributed by atoms with Crippen LogP contribution in [-0.4, -0.2) is 11.9 Å². The van der Waals surface area contributed by atoms with Gasteiger partial charge in [-0.2, -0.15) is 0 Å². The van der Waals surface area contributed by atoms with Crippen LogP contribution in [0.2, 0.25) is 0 Å². The fourth-order valence-electron chi connectivity index (χ4n) is 1.57. The minimum atomic E-state index is 0.0334. The van der Waals surface area contributed by atoms with Crippen LogP contribution in [0.15, 0.2) is 24.3 Å². The number of hydrogen-bond donors (Lipinski definition) is 1. The maximum atomic E-state index is 10.8. The number of hydrogen-bond acceptors (Lipinski definition) is 1. The van der Waals surface area contributed by atoms with E-state index in [1.165, 1.54) is 11.1 Å². The van der Waals surface area contributed by atoms with E-state index in [9.17, 15) is 4.79 Å². The van der Waals surface area contributed by atoms with Crippen molar-refractivity contribution in [2.75, 3.05) is 0 Å². The standard InChI is InChI=1S/C12H17NO/c1-9-6-4-5-7-12(9)8-10(2)13-11(3)14/h4-7,10H,8H2,1-3H3,(H,13,14)/t10-/m0/s1. The molecule has 0 aliphatic carbocycles. The van der Waals surface area contributed by atoms with Gasteiger partial charge < -0.3 is 5.32 Å². The van der Waals surface area contributed by atoms with E-state index in [0.29, 0.717) is 0 Å². The van der Waals surface area contributed by atoms with Crippen molar-refractivity contribution >= 4 is 5.91 Å². The van der Waals surface area contributed by atoms with Crippen LogP contribution in [0, 0.1) is 6.92 Å². The Morgan fingerprint density at radius 3 is 2.64 bits per heavy atom. The number of benzene rings is 1. The first-order chi connectivity index (χ1) is 6.59. The Kier molecular flexibility index (Phi) is 3.69. The largest absolute Gasteiger partial charge is 0.354 e. The lowest BCUT2D eigenvalue weighted by Gasteiger charge is -2.13. The van der Waals surface area contributed by atoms with Crippen molar-refractivity contribution in [3.05, 3.63) is 35.4 Å². The van der Waals surface area contributed by atoms with E-state index in [4.69, 9.17) is 0 Å². The molecule has 0 bridgehead atoms. The number of carbonyl (C=O) groups excluding carboxylic acids is 1. The highest BCUT2D eigenvalue weighted by Gasteiger charge is 2.05. The third-order valence-electron chi connectivity index (χ3n) is 2.24. The van der Waals surface area contributed by atoms with Crippen molar-refractivity contribution in [1.29, 1.82) is 0 Å². The van der Waals surface area contributed by atoms with Crippen molar-refractivity contribution in [2.24, 2.45) is 0 Å². The summed E-state index contributed by atoms with van der Waals surface area (Å²) in [6.45, 7) is 5.66. The molecule has 0 saturated carbocycles. The molecule has 1 rings (SSSR count). The average Bonchev–Trinajstić information content (AvgIpc) is 2.07. The molecule has 2 heteroatoms. The lowest BCUT2D eigenvalue weighted by Crippen LogP contribution is -2.32. The Labute approximate surface area is 85.3 Å². The topological polar surface area (TPSA) is 29.1 Å². The fourth-order valence-corrected chi connectivity index (χ4v) is 1.57. The van der Waals surface area contributed by atoms with E-state index in [-0.39, 0.29) is 11.9 Å². The first kappa shape index (κ1) is 10.8. The van der Waals surface area contributed by atoms with Gasteiger partial charge in [-0.15, -0.1) is 0 Å². The molecule has 76 valence electrons. The second kappa shape index (κ2) is 4.80. The van der Waals surface area contributed by atoms with Gasteiger partial charge in [-0.3, -0.25) is 4.79 Å². The van der Waals surface area contributed by atoms with Crippen LogP contribution in [0.5, 0.6) is 0 Å². The first-order valence-electron chi connectivity index (χ1n) is 4.91. The van der Waals surface area contributed by atoms with Crippen molar-refractivity contribution in [1.82, 2.24) is 5.32 Å². The Morgan fingerprint density at radius 1 is 1.43 bits per heavy atom. The zero-order valence-corrected chi connectivity index (χ0v) is 9.00. The Bertz CT molecular complexity index is 320. The van der Waals surface area contributed by atoms with Crippen LogP contribution in [0.4, 0.5) is 0 Å². The van der Waals surface area contributed by atoms with Gasteiger partial charge in [0.15, 0.2) is 0 Å². The van der Waals surface area contributed by atoms with Gasteiger partial charge in [-0.25, -0.2) is 0 Å². The summed E-state index contributed by atoms with van der Waals surface area (Å²) in [5, 5.41) is 2.88. The monoisotopic (exact) mass is 191 g/mol. The van der Waals surface area contributed by atoms with Gasteiger partial charge in [-0.05, 0) is 31.4 Å². The van der Waals surface area contributed by atoms with Crippen molar-refractivity contribution in [3.63, 3.8) is 0 Å². The van der Waals surface area contributed by atoms with Gasteiger partial charge in [-0.1, -0.05) is 24.3 Å². The molecule has 0 heterocycles. The average molecular weight is 191 g/mol. The summed E-state index contributed by atoms with van der Waals surface area (Å²) in [6.07, 6.45) is 0.895. The maximum absolute atomic E-state index is 10.8. The molecular weight excluding hydrogens is 174 g/mol. The second-order valence-corrected chi connectivity index (χ2v) is 3.73. The molecule has 0 unspecified atom stereocenters. The summed E-state index contributed by atoms with van der Waals surface area (Å²) in [4.78, 5) is 10.8. The summed E-state index contributed by atoms with van der Waals surface area (Å²) in [6, 6.07) is 8.46. The van der Waals surface area contributed by atoms with Crippen molar-refractivity contribution in [2.45, 2.75) is 33.2 Å². The zero-order valence-electron chi connectivity index (χ0n) is 9.00. The fraction of sp³-hybridized carbons (Fsp3) is 0.417. The first-order valence-corrected chi connectivity index (χ1v) is 4.91. The molecule has 0 fully saturated rings. The SMILES string of the molecule is CC(=O)N[C@@H](C)Cc1ccccc1C. The molecule has 0 aliphatic heterocycles. The Morgan fingerprint density at radius 2 is 2.07 bits per heavy atom. The minimum absolute atomic E-state index is 0.0334. The molecule has 0 saturated heterocycles. The number of nitrogens with one attached hydrogen (secondary N) is 1. The van der Waals surface area contributed by atoms with Crippen molar-refractivity contribution in [3.8, 4) is 0 Å². The lowest BCUT2D eigenvalue weighted by atomic mass is 10.0. The number of carbonyl (C=O) groups is 1. The third kappa shape index (κ3) is 3.21. The molecule has 14 heavy (non-hydrogen) atoms. The molecule has 1 N–H and O–H groups in total. The highest BCUT2D eigenvalue weighted by Crippen LogP contribution is 2.09. The lowest BCUT2D eigenvalue weighted by molar-refractivity contribution is -0.119. The second-order valence-electron chi connectivity index (χ2n) is 3.73. The summed E-state index contributed by atoms with van der Waals surface area (Å²) < 4.78 is 0. The van der Waals surface area contributed by atoms with Crippen LogP contribution >= 0.6 is 0 Å². The summed E-state index contributed by atoms with van der Waals surface area (Å²) in [5.41, 5.74) is 2.58. The van der Waals surface area contributed by atoms with Crippen LogP contribution in [0.1, 0.15) is 25.0 Å². The normalized spacial score (nSPS) is 12.2. The molecule has 2 nitrogen and oxygen atoms in total. The van der Waals surface area contributed by atoms with Crippen molar-refractivity contribution < 1.29 is 4.79 Å². The van der Waals surface area contributed by atoms with Crippen LogP contribution in [0.25, 0.3) is 0 Å². The molecule has 0 spiro atoms. The van der Waals surface area contributed by atoms with E-state index in [1.807, 2.05) is 19.1 Å². The predicted molar refractivity (Wildman–Crippen MR) is 58.2 cm³/mol. The molecule has 0 aliphatic rings. The van der Waals surface area contributed by atoms with E-state index in [2.05, 4.69) is 24.4 Å².